The van der Waals surface area contributed by atoms with E-state index < -0.39 is 5.69 Å². The van der Waals surface area contributed by atoms with E-state index in [0.717, 1.165) is 41.9 Å². The Kier molecular flexibility index (Phi) is 6.46. The molecule has 11 heteroatoms. The van der Waals surface area contributed by atoms with Crippen molar-refractivity contribution >= 4 is 51.6 Å². The van der Waals surface area contributed by atoms with Crippen LogP contribution in [0.5, 0.6) is 0 Å². The average Bonchev–Trinajstić information content (AvgIpc) is 2.86. The molecule has 0 aliphatic carbocycles. The third kappa shape index (κ3) is 4.62. The van der Waals surface area contributed by atoms with Gasteiger partial charge in [0.25, 0.3) is 0 Å². The number of H-pyrrole nitrogens is 1. The highest BCUT2D eigenvalue weighted by Crippen LogP contribution is 2.27. The number of aromatic amines is 1. The largest absolute Gasteiger partial charge is 0.381 e. The third-order valence-corrected chi connectivity index (χ3v) is 6.73. The standard InChI is InChI=1S/C24H23Cl2N7O2/c1-35-16-9-11-32(12-10-16)15-7-5-14(6-8-15)29-23-28-13-17-21(27)33(24(34)31-22(17)30-23)20-18(25)3-2-4-19(20)26/h2-8,13,16,27H,9-12H2,1H3,(H2,28,29,30,31,34). The topological polar surface area (TPSA) is 112 Å². The second-order valence-corrected chi connectivity index (χ2v) is 9.05. The molecule has 3 heterocycles. The van der Waals surface area contributed by atoms with E-state index >= 15 is 0 Å². The molecule has 1 fully saturated rings. The smallest absolute Gasteiger partial charge is 0.333 e. The lowest BCUT2D eigenvalue weighted by Crippen LogP contribution is -2.36. The van der Waals surface area contributed by atoms with Crippen LogP contribution in [0.4, 0.5) is 17.3 Å². The molecular weight excluding hydrogens is 489 g/mol. The van der Waals surface area contributed by atoms with E-state index in [-0.39, 0.29) is 26.9 Å². The molecule has 0 saturated carbocycles. The zero-order valence-electron chi connectivity index (χ0n) is 18.9. The highest BCUT2D eigenvalue weighted by Gasteiger charge is 2.19. The lowest BCUT2D eigenvalue weighted by molar-refractivity contribution is 0.0819. The Labute approximate surface area is 210 Å². The first-order valence-corrected chi connectivity index (χ1v) is 11.9. The van der Waals surface area contributed by atoms with Crippen molar-refractivity contribution in [3.8, 4) is 5.69 Å². The van der Waals surface area contributed by atoms with Gasteiger partial charge in [-0.1, -0.05) is 29.3 Å². The van der Waals surface area contributed by atoms with Gasteiger partial charge in [-0.15, -0.1) is 0 Å². The number of anilines is 3. The summed E-state index contributed by atoms with van der Waals surface area (Å²) in [4.78, 5) is 26.6. The number of rotatable bonds is 5. The first kappa shape index (κ1) is 23.3. The number of ether oxygens (including phenoxy) is 1. The fraction of sp³-hybridized carbons (Fsp3) is 0.250. The summed E-state index contributed by atoms with van der Waals surface area (Å²) >= 11 is 12.5. The van der Waals surface area contributed by atoms with Crippen LogP contribution in [0.1, 0.15) is 12.8 Å². The number of nitrogens with one attached hydrogen (secondary N) is 3. The van der Waals surface area contributed by atoms with E-state index in [9.17, 15) is 4.79 Å². The van der Waals surface area contributed by atoms with Gasteiger partial charge in [-0.2, -0.15) is 4.98 Å². The van der Waals surface area contributed by atoms with Crippen molar-refractivity contribution in [2.24, 2.45) is 0 Å². The molecule has 3 N–H and O–H groups in total. The minimum Gasteiger partial charge on any atom is -0.381 e. The van der Waals surface area contributed by atoms with E-state index in [2.05, 4.69) is 37.3 Å². The Morgan fingerprint density at radius 1 is 1.11 bits per heavy atom. The maximum Gasteiger partial charge on any atom is 0.333 e. The van der Waals surface area contributed by atoms with Crippen molar-refractivity contribution in [3.05, 3.63) is 74.7 Å². The molecule has 5 rings (SSSR count). The van der Waals surface area contributed by atoms with Crippen molar-refractivity contribution in [3.63, 3.8) is 0 Å². The van der Waals surface area contributed by atoms with Crippen LogP contribution in [0.3, 0.4) is 0 Å². The zero-order chi connectivity index (χ0) is 24.5. The number of aromatic nitrogens is 4. The predicted octanol–water partition coefficient (Wildman–Crippen LogP) is 4.25. The normalized spacial score (nSPS) is 14.4. The zero-order valence-corrected chi connectivity index (χ0v) is 20.4. The Morgan fingerprint density at radius 2 is 1.80 bits per heavy atom. The van der Waals surface area contributed by atoms with E-state index in [1.54, 1.807) is 25.3 Å². The summed E-state index contributed by atoms with van der Waals surface area (Å²) in [7, 11) is 1.77. The summed E-state index contributed by atoms with van der Waals surface area (Å²) < 4.78 is 6.56. The van der Waals surface area contributed by atoms with Crippen molar-refractivity contribution in [1.82, 2.24) is 19.5 Å². The lowest BCUT2D eigenvalue weighted by Gasteiger charge is -2.33. The van der Waals surface area contributed by atoms with Crippen LogP contribution >= 0.6 is 23.2 Å². The summed E-state index contributed by atoms with van der Waals surface area (Å²) in [5, 5.41) is 12.6. The van der Waals surface area contributed by atoms with E-state index in [1.807, 2.05) is 12.1 Å². The SMILES string of the molecule is COC1CCN(c2ccc(Nc3ncc4c(=N)n(-c5c(Cl)cccc5Cl)c(=O)[nH]c4n3)cc2)CC1. The average molecular weight is 512 g/mol. The molecule has 0 bridgehead atoms. The number of nitrogens with zero attached hydrogens (tertiary/aromatic N) is 4. The summed E-state index contributed by atoms with van der Waals surface area (Å²) in [5.41, 5.74) is 1.72. The number of benzene rings is 2. The van der Waals surface area contributed by atoms with Crippen molar-refractivity contribution in [1.29, 1.82) is 5.41 Å². The van der Waals surface area contributed by atoms with Gasteiger partial charge in [-0.05, 0) is 49.2 Å². The fourth-order valence-corrected chi connectivity index (χ4v) is 4.81. The van der Waals surface area contributed by atoms with Gasteiger partial charge in [-0.3, -0.25) is 10.4 Å². The van der Waals surface area contributed by atoms with Crippen molar-refractivity contribution in [2.45, 2.75) is 18.9 Å². The van der Waals surface area contributed by atoms with E-state index in [1.165, 1.54) is 6.20 Å². The van der Waals surface area contributed by atoms with Gasteiger partial charge in [0.05, 0.1) is 27.2 Å². The molecule has 0 spiro atoms. The van der Waals surface area contributed by atoms with Crippen molar-refractivity contribution in [2.75, 3.05) is 30.4 Å². The van der Waals surface area contributed by atoms with Gasteiger partial charge >= 0.3 is 5.69 Å². The summed E-state index contributed by atoms with van der Waals surface area (Å²) in [6.07, 6.45) is 3.85. The minimum atomic E-state index is -0.580. The van der Waals surface area contributed by atoms with Crippen LogP contribution in [-0.4, -0.2) is 45.8 Å². The molecular formula is C24H23Cl2N7O2. The van der Waals surface area contributed by atoms with Crippen LogP contribution in [-0.2, 0) is 4.74 Å². The number of piperidine rings is 1. The molecule has 0 amide bonds. The van der Waals surface area contributed by atoms with Gasteiger partial charge in [0.15, 0.2) is 5.65 Å². The van der Waals surface area contributed by atoms with Crippen LogP contribution in [0.15, 0.2) is 53.5 Å². The highest BCUT2D eigenvalue weighted by molar-refractivity contribution is 6.37. The Morgan fingerprint density at radius 3 is 2.46 bits per heavy atom. The highest BCUT2D eigenvalue weighted by atomic mass is 35.5. The number of hydrogen-bond acceptors (Lipinski definition) is 7. The fourth-order valence-electron chi connectivity index (χ4n) is 4.24. The molecule has 180 valence electrons. The number of hydrogen-bond donors (Lipinski definition) is 3. The van der Waals surface area contributed by atoms with E-state index in [4.69, 9.17) is 33.3 Å². The molecule has 0 atom stereocenters. The Hall–Kier alpha value is -3.40. The quantitative estimate of drug-likeness (QED) is 0.369. The van der Waals surface area contributed by atoms with Gasteiger partial charge in [0, 0.05) is 37.8 Å². The Balaban J connectivity index is 1.40. The lowest BCUT2D eigenvalue weighted by atomic mass is 10.1. The Bertz CT molecular complexity index is 1470. The second-order valence-electron chi connectivity index (χ2n) is 8.23. The molecule has 2 aromatic heterocycles. The monoisotopic (exact) mass is 511 g/mol. The molecule has 1 aliphatic rings. The van der Waals surface area contributed by atoms with Crippen LogP contribution in [0.25, 0.3) is 16.7 Å². The van der Waals surface area contributed by atoms with E-state index in [0.29, 0.717) is 17.4 Å². The molecule has 1 saturated heterocycles. The molecule has 1 aliphatic heterocycles. The van der Waals surface area contributed by atoms with Gasteiger partial charge in [0.1, 0.15) is 5.49 Å². The molecule has 9 nitrogen and oxygen atoms in total. The summed E-state index contributed by atoms with van der Waals surface area (Å²) in [6.45, 7) is 1.92. The molecule has 35 heavy (non-hydrogen) atoms. The predicted molar refractivity (Wildman–Crippen MR) is 137 cm³/mol. The summed E-state index contributed by atoms with van der Waals surface area (Å²) in [6, 6.07) is 12.9. The maximum absolute atomic E-state index is 12.8. The second kappa shape index (κ2) is 9.69. The van der Waals surface area contributed by atoms with Crippen LogP contribution < -0.4 is 21.4 Å². The number of halogens is 2. The van der Waals surface area contributed by atoms with Gasteiger partial charge in [-0.25, -0.2) is 14.3 Å². The molecule has 2 aromatic carbocycles. The molecule has 0 unspecified atom stereocenters. The minimum absolute atomic E-state index is 0.119. The van der Waals surface area contributed by atoms with Crippen molar-refractivity contribution < 1.29 is 4.74 Å². The number of para-hydroxylation sites is 1. The third-order valence-electron chi connectivity index (χ3n) is 6.12. The van der Waals surface area contributed by atoms with Crippen LogP contribution in [0.2, 0.25) is 10.0 Å². The molecule has 4 aromatic rings. The first-order valence-electron chi connectivity index (χ1n) is 11.1. The maximum atomic E-state index is 12.8. The first-order chi connectivity index (χ1) is 16.9. The van der Waals surface area contributed by atoms with Crippen LogP contribution in [0, 0.1) is 5.41 Å². The number of fused-ring (bicyclic) bond motifs is 1. The molecule has 0 radical (unpaired) electrons. The van der Waals surface area contributed by atoms with Gasteiger partial charge < -0.3 is 15.0 Å². The van der Waals surface area contributed by atoms with Gasteiger partial charge in [0.2, 0.25) is 5.95 Å². The number of methoxy groups -OCH3 is 1. The summed E-state index contributed by atoms with van der Waals surface area (Å²) in [5.74, 6) is 0.301.